The summed E-state index contributed by atoms with van der Waals surface area (Å²) in [4.78, 5) is 0.0457. The van der Waals surface area contributed by atoms with E-state index < -0.39 is 10.0 Å². The van der Waals surface area contributed by atoms with Crippen LogP contribution in [0.3, 0.4) is 0 Å². The van der Waals surface area contributed by atoms with Crippen molar-refractivity contribution in [1.82, 2.24) is 4.31 Å². The first-order chi connectivity index (χ1) is 6.83. The number of rotatable bonds is 6. The van der Waals surface area contributed by atoms with Gasteiger partial charge in [-0.15, -0.1) is 0 Å². The fourth-order valence-electron chi connectivity index (χ4n) is 1.47. The van der Waals surface area contributed by atoms with Crippen molar-refractivity contribution in [2.24, 2.45) is 11.7 Å². The zero-order chi connectivity index (χ0) is 11.6. The van der Waals surface area contributed by atoms with Crippen LogP contribution in [-0.4, -0.2) is 36.1 Å². The molecular formula is C9H18N2O2S2. The lowest BCUT2D eigenvalue weighted by molar-refractivity contribution is 0.362. The molecule has 0 radical (unpaired) electrons. The first-order valence-corrected chi connectivity index (χ1v) is 7.12. The highest BCUT2D eigenvalue weighted by molar-refractivity contribution is 7.92. The van der Waals surface area contributed by atoms with Gasteiger partial charge >= 0.3 is 0 Å². The van der Waals surface area contributed by atoms with Crippen LogP contribution in [0, 0.1) is 5.92 Å². The van der Waals surface area contributed by atoms with Gasteiger partial charge < -0.3 is 5.73 Å². The van der Waals surface area contributed by atoms with E-state index in [1.54, 1.807) is 4.31 Å². The maximum absolute atomic E-state index is 11.9. The zero-order valence-corrected chi connectivity index (χ0v) is 10.8. The molecule has 2 N–H and O–H groups in total. The molecule has 1 rings (SSSR count). The van der Waals surface area contributed by atoms with Crippen molar-refractivity contribution in [3.05, 3.63) is 0 Å². The second-order valence-corrected chi connectivity index (χ2v) is 6.86. The van der Waals surface area contributed by atoms with Crippen LogP contribution in [-0.2, 0) is 10.0 Å². The maximum Gasteiger partial charge on any atom is 0.220 e. The SMILES string of the molecule is CC(C)CN(C1CC1)S(=O)(=O)CC(N)=S. The summed E-state index contributed by atoms with van der Waals surface area (Å²) in [6, 6.07) is 0.187. The van der Waals surface area contributed by atoms with Gasteiger partial charge in [-0.05, 0) is 18.8 Å². The number of nitrogens with zero attached hydrogens (tertiary/aromatic N) is 1. The largest absolute Gasteiger partial charge is 0.392 e. The summed E-state index contributed by atoms with van der Waals surface area (Å²) in [5.41, 5.74) is 5.29. The second-order valence-electron chi connectivity index (χ2n) is 4.42. The van der Waals surface area contributed by atoms with E-state index in [9.17, 15) is 8.42 Å². The molecule has 0 spiro atoms. The van der Waals surface area contributed by atoms with Crippen molar-refractivity contribution in [1.29, 1.82) is 0 Å². The number of sulfonamides is 1. The first kappa shape index (κ1) is 12.9. The Balaban J connectivity index is 2.74. The van der Waals surface area contributed by atoms with Gasteiger partial charge in [-0.25, -0.2) is 8.42 Å². The third-order valence-corrected chi connectivity index (χ3v) is 4.35. The normalized spacial score (nSPS) is 17.3. The summed E-state index contributed by atoms with van der Waals surface area (Å²) in [5.74, 6) is 0.123. The summed E-state index contributed by atoms with van der Waals surface area (Å²) in [7, 11) is -3.29. The van der Waals surface area contributed by atoms with Crippen LogP contribution in [0.25, 0.3) is 0 Å². The summed E-state index contributed by atoms with van der Waals surface area (Å²) in [5, 5.41) is 0. The van der Waals surface area contributed by atoms with Crippen LogP contribution in [0.2, 0.25) is 0 Å². The molecule has 0 saturated heterocycles. The lowest BCUT2D eigenvalue weighted by Crippen LogP contribution is -2.40. The maximum atomic E-state index is 11.9. The fourth-order valence-corrected chi connectivity index (χ4v) is 3.64. The molecule has 6 heteroatoms. The minimum atomic E-state index is -3.29. The average Bonchev–Trinajstić information content (AvgIpc) is 2.79. The summed E-state index contributed by atoms with van der Waals surface area (Å²) in [6.07, 6.45) is 1.92. The molecule has 1 fully saturated rings. The Kier molecular flexibility index (Phi) is 4.08. The van der Waals surface area contributed by atoms with Crippen LogP contribution >= 0.6 is 12.2 Å². The van der Waals surface area contributed by atoms with Gasteiger partial charge in [0.25, 0.3) is 0 Å². The first-order valence-electron chi connectivity index (χ1n) is 5.10. The number of thiocarbonyl (C=S) groups is 1. The van der Waals surface area contributed by atoms with E-state index in [1.165, 1.54) is 0 Å². The van der Waals surface area contributed by atoms with Gasteiger partial charge in [0.15, 0.2) is 0 Å². The van der Waals surface area contributed by atoms with Crippen LogP contribution in [0.15, 0.2) is 0 Å². The van der Waals surface area contributed by atoms with Gasteiger partial charge in [-0.1, -0.05) is 26.1 Å². The molecule has 0 aromatic rings. The molecule has 4 nitrogen and oxygen atoms in total. The molecule has 0 amide bonds. The Morgan fingerprint density at radius 2 is 2.07 bits per heavy atom. The predicted octanol–water partition coefficient (Wildman–Crippen LogP) is 0.723. The van der Waals surface area contributed by atoms with E-state index in [2.05, 4.69) is 12.2 Å². The molecule has 1 saturated carbocycles. The molecule has 1 aliphatic carbocycles. The molecule has 0 aliphatic heterocycles. The molecule has 0 unspecified atom stereocenters. The van der Waals surface area contributed by atoms with Crippen LogP contribution < -0.4 is 5.73 Å². The van der Waals surface area contributed by atoms with Gasteiger partial charge in [-0.3, -0.25) is 0 Å². The third kappa shape index (κ3) is 4.04. The standard InChI is InChI=1S/C9H18N2O2S2/c1-7(2)5-11(8-3-4-8)15(12,13)6-9(10)14/h7-8H,3-6H2,1-2H3,(H2,10,14). The molecule has 88 valence electrons. The van der Waals surface area contributed by atoms with Crippen LogP contribution in [0.1, 0.15) is 26.7 Å². The van der Waals surface area contributed by atoms with Gasteiger partial charge in [0.1, 0.15) is 5.75 Å². The van der Waals surface area contributed by atoms with E-state index in [0.29, 0.717) is 12.5 Å². The van der Waals surface area contributed by atoms with Crippen molar-refractivity contribution < 1.29 is 8.42 Å². The lowest BCUT2D eigenvalue weighted by atomic mass is 10.2. The topological polar surface area (TPSA) is 63.4 Å². The van der Waals surface area contributed by atoms with Gasteiger partial charge in [0.2, 0.25) is 10.0 Å². The Bertz CT molecular complexity index is 334. The van der Waals surface area contributed by atoms with E-state index in [0.717, 1.165) is 12.8 Å². The molecule has 0 heterocycles. The summed E-state index contributed by atoms with van der Waals surface area (Å²) < 4.78 is 25.4. The number of nitrogens with two attached hydrogens (primary N) is 1. The van der Waals surface area contributed by atoms with Crippen molar-refractivity contribution in [2.75, 3.05) is 12.3 Å². The zero-order valence-electron chi connectivity index (χ0n) is 9.14. The van der Waals surface area contributed by atoms with Crippen molar-refractivity contribution in [3.63, 3.8) is 0 Å². The molecule has 0 aromatic carbocycles. The highest BCUT2D eigenvalue weighted by atomic mass is 32.2. The highest BCUT2D eigenvalue weighted by Crippen LogP contribution is 2.30. The molecule has 1 aliphatic rings. The Labute approximate surface area is 96.9 Å². The van der Waals surface area contributed by atoms with Crippen LogP contribution in [0.4, 0.5) is 0 Å². The van der Waals surface area contributed by atoms with Crippen molar-refractivity contribution in [2.45, 2.75) is 32.7 Å². The summed E-state index contributed by atoms with van der Waals surface area (Å²) >= 11 is 4.66. The average molecular weight is 250 g/mol. The number of hydrogen-bond donors (Lipinski definition) is 1. The quantitative estimate of drug-likeness (QED) is 0.706. The monoisotopic (exact) mass is 250 g/mol. The molecule has 0 aromatic heterocycles. The fraction of sp³-hybridized carbons (Fsp3) is 0.889. The van der Waals surface area contributed by atoms with Crippen molar-refractivity contribution >= 4 is 27.2 Å². The minimum Gasteiger partial charge on any atom is -0.392 e. The minimum absolute atomic E-state index is 0.0457. The van der Waals surface area contributed by atoms with E-state index >= 15 is 0 Å². The molecule has 15 heavy (non-hydrogen) atoms. The predicted molar refractivity (Wildman–Crippen MR) is 65.1 cm³/mol. The van der Waals surface area contributed by atoms with Gasteiger partial charge in [-0.2, -0.15) is 4.31 Å². The Hall–Kier alpha value is -0.200. The van der Waals surface area contributed by atoms with Gasteiger partial charge in [0, 0.05) is 12.6 Å². The highest BCUT2D eigenvalue weighted by Gasteiger charge is 2.37. The Morgan fingerprint density at radius 3 is 2.40 bits per heavy atom. The van der Waals surface area contributed by atoms with E-state index in [1.807, 2.05) is 13.8 Å². The molecule has 0 bridgehead atoms. The summed E-state index contributed by atoms with van der Waals surface area (Å²) in [6.45, 7) is 4.58. The molecule has 0 atom stereocenters. The van der Waals surface area contributed by atoms with E-state index in [-0.39, 0.29) is 16.8 Å². The second kappa shape index (κ2) is 4.76. The third-order valence-electron chi connectivity index (χ3n) is 2.18. The van der Waals surface area contributed by atoms with Crippen molar-refractivity contribution in [3.8, 4) is 0 Å². The molecular weight excluding hydrogens is 232 g/mol. The lowest BCUT2D eigenvalue weighted by Gasteiger charge is -2.23. The van der Waals surface area contributed by atoms with Crippen LogP contribution in [0.5, 0.6) is 0 Å². The van der Waals surface area contributed by atoms with E-state index in [4.69, 9.17) is 5.73 Å². The van der Waals surface area contributed by atoms with Gasteiger partial charge in [0.05, 0.1) is 4.99 Å². The smallest absolute Gasteiger partial charge is 0.220 e. The Morgan fingerprint density at radius 1 is 1.53 bits per heavy atom. The number of hydrogen-bond acceptors (Lipinski definition) is 3.